The number of nitrogens with one attached hydrogen (secondary N) is 2. The summed E-state index contributed by atoms with van der Waals surface area (Å²) >= 11 is 11.9. The second kappa shape index (κ2) is 12.2. The third-order valence-corrected chi connectivity index (χ3v) is 6.52. The fourth-order valence-electron chi connectivity index (χ4n) is 2.92. The van der Waals surface area contributed by atoms with Gasteiger partial charge < -0.3 is 29.3 Å². The van der Waals surface area contributed by atoms with Crippen LogP contribution in [0.3, 0.4) is 0 Å². The smallest absolute Gasteiger partial charge is 0.259 e. The van der Waals surface area contributed by atoms with Gasteiger partial charge in [-0.2, -0.15) is 0 Å². The number of carbonyl (C=O) groups is 2. The van der Waals surface area contributed by atoms with Crippen molar-refractivity contribution in [3.63, 3.8) is 0 Å². The number of hydrogen-bond acceptors (Lipinski definition) is 8. The van der Waals surface area contributed by atoms with Crippen LogP contribution in [0, 0.1) is 0 Å². The number of amides is 1. The van der Waals surface area contributed by atoms with E-state index in [4.69, 9.17) is 32.7 Å². The monoisotopic (exact) mass is 555 g/mol. The zero-order chi connectivity index (χ0) is 26.3. The van der Waals surface area contributed by atoms with Crippen molar-refractivity contribution in [1.29, 1.82) is 0 Å². The third kappa shape index (κ3) is 7.42. The zero-order valence-electron chi connectivity index (χ0n) is 18.9. The molecule has 3 rings (SSSR count). The highest BCUT2D eigenvalue weighted by atomic mass is 35.5. The van der Waals surface area contributed by atoms with Crippen LogP contribution in [0.4, 0.5) is 5.69 Å². The molecule has 0 aliphatic heterocycles. The number of sulfonamides is 1. The van der Waals surface area contributed by atoms with Gasteiger partial charge in [-0.1, -0.05) is 23.2 Å². The lowest BCUT2D eigenvalue weighted by Gasteiger charge is -2.15. The number of hydrogen-bond donors (Lipinski definition) is 2. The molecule has 0 atom stereocenters. The van der Waals surface area contributed by atoms with Crippen LogP contribution in [0.15, 0.2) is 53.9 Å². The number of benzene rings is 2. The number of aryl methyl sites for hydroxylation is 1. The maximum Gasteiger partial charge on any atom is 0.259 e. The first kappa shape index (κ1) is 27.4. The first-order chi connectivity index (χ1) is 17.1. The number of carbonyl (C=O) groups excluding carboxylic acids is 2. The van der Waals surface area contributed by atoms with Crippen molar-refractivity contribution >= 4 is 50.8 Å². The van der Waals surface area contributed by atoms with Gasteiger partial charge >= 0.3 is 0 Å². The Hall–Kier alpha value is -3.16. The molecule has 36 heavy (non-hydrogen) atoms. The highest BCUT2D eigenvalue weighted by Gasteiger charge is 2.16. The van der Waals surface area contributed by atoms with Crippen LogP contribution in [-0.2, 0) is 21.8 Å². The molecular weight excluding hydrogens is 535 g/mol. The van der Waals surface area contributed by atoms with E-state index in [1.807, 2.05) is 0 Å². The summed E-state index contributed by atoms with van der Waals surface area (Å²) in [5, 5.41) is 14.4. The second-order valence-electron chi connectivity index (χ2n) is 7.31. The molecular formula is C22H21Cl2N4O7S-. The Morgan fingerprint density at radius 3 is 2.53 bits per heavy atom. The maximum atomic E-state index is 12.5. The van der Waals surface area contributed by atoms with E-state index in [0.717, 1.165) is 0 Å². The van der Waals surface area contributed by atoms with Gasteiger partial charge in [-0.15, -0.1) is 0 Å². The molecule has 0 saturated heterocycles. The molecule has 192 valence electrons. The number of halogens is 2. The Balaban J connectivity index is 1.48. The number of aromatic carboxylic acids is 1. The van der Waals surface area contributed by atoms with Gasteiger partial charge in [-0.25, -0.2) is 18.1 Å². The molecule has 0 unspecified atom stereocenters. The average molecular weight is 556 g/mol. The predicted molar refractivity (Wildman–Crippen MR) is 130 cm³/mol. The van der Waals surface area contributed by atoms with Crippen molar-refractivity contribution in [3.8, 4) is 5.75 Å². The van der Waals surface area contributed by atoms with Crippen molar-refractivity contribution in [2.24, 2.45) is 7.05 Å². The minimum absolute atomic E-state index is 0.00481. The van der Waals surface area contributed by atoms with Crippen LogP contribution in [0.5, 0.6) is 5.75 Å². The fraction of sp³-hybridized carbons (Fsp3) is 0.227. The van der Waals surface area contributed by atoms with Crippen LogP contribution in [-0.4, -0.2) is 56.2 Å². The summed E-state index contributed by atoms with van der Waals surface area (Å²) in [6.45, 7) is 0.281. The molecule has 3 aromatic rings. The molecule has 2 N–H and O–H groups in total. The highest BCUT2D eigenvalue weighted by Crippen LogP contribution is 2.25. The summed E-state index contributed by atoms with van der Waals surface area (Å²) in [6.07, 6.45) is 2.76. The van der Waals surface area contributed by atoms with Gasteiger partial charge in [-0.05, 0) is 36.4 Å². The van der Waals surface area contributed by atoms with E-state index in [2.05, 4.69) is 15.0 Å². The average Bonchev–Trinajstić information content (AvgIpc) is 3.26. The second-order valence-corrected chi connectivity index (χ2v) is 9.87. The Morgan fingerprint density at radius 1 is 1.08 bits per heavy atom. The largest absolute Gasteiger partial charge is 0.545 e. The molecule has 0 spiro atoms. The summed E-state index contributed by atoms with van der Waals surface area (Å²) in [6, 6.07) is 8.32. The number of ether oxygens (including phenoxy) is 2. The minimum atomic E-state index is -3.72. The molecule has 0 fully saturated rings. The maximum absolute atomic E-state index is 12.5. The minimum Gasteiger partial charge on any atom is -0.545 e. The van der Waals surface area contributed by atoms with Gasteiger partial charge in [0.1, 0.15) is 12.4 Å². The summed E-state index contributed by atoms with van der Waals surface area (Å²) in [5.41, 5.74) is -0.184. The molecule has 1 amide bonds. The lowest BCUT2D eigenvalue weighted by molar-refractivity contribution is -0.254. The molecule has 14 heteroatoms. The van der Waals surface area contributed by atoms with Crippen molar-refractivity contribution < 1.29 is 32.6 Å². The zero-order valence-corrected chi connectivity index (χ0v) is 21.2. The number of carboxylic acid groups (broad SMARTS) is 1. The van der Waals surface area contributed by atoms with Crippen molar-refractivity contribution in [1.82, 2.24) is 14.3 Å². The fourth-order valence-corrected chi connectivity index (χ4v) is 4.41. The Morgan fingerprint density at radius 2 is 1.86 bits per heavy atom. The molecule has 0 bridgehead atoms. The van der Waals surface area contributed by atoms with Gasteiger partial charge in [0.25, 0.3) is 15.9 Å². The molecule has 0 saturated carbocycles. The number of imidazole rings is 1. The normalized spacial score (nSPS) is 11.3. The van der Waals surface area contributed by atoms with Crippen molar-refractivity contribution in [3.05, 3.63) is 70.1 Å². The van der Waals surface area contributed by atoms with Crippen LogP contribution in [0.25, 0.3) is 0 Å². The highest BCUT2D eigenvalue weighted by molar-refractivity contribution is 7.89. The van der Waals surface area contributed by atoms with E-state index in [0.29, 0.717) is 5.02 Å². The predicted octanol–water partition coefficient (Wildman–Crippen LogP) is 1.72. The van der Waals surface area contributed by atoms with Crippen LogP contribution in [0.1, 0.15) is 20.7 Å². The van der Waals surface area contributed by atoms with E-state index >= 15 is 0 Å². The van der Waals surface area contributed by atoms with Gasteiger partial charge in [0.05, 0.1) is 41.8 Å². The van der Waals surface area contributed by atoms with E-state index in [-0.39, 0.29) is 59.0 Å². The Labute approximate surface area is 217 Å². The number of anilines is 1. The van der Waals surface area contributed by atoms with Gasteiger partial charge in [0.15, 0.2) is 5.03 Å². The molecule has 1 heterocycles. The summed E-state index contributed by atoms with van der Waals surface area (Å²) < 4.78 is 38.8. The molecule has 2 aromatic carbocycles. The standard InChI is InChI=1S/C22H22Cl2N4O7S/c1-28-12-20(25-13-28)36(32,33)26-6-7-34-8-9-35-15-3-5-19(17(11-15)22(30)31)27-21(29)16-4-2-14(23)10-18(16)24/h2-5,10-13,26H,6-9H2,1H3,(H,27,29)(H,30,31)/p-1. The number of nitrogens with zero attached hydrogens (tertiary/aromatic N) is 2. The number of carboxylic acids is 1. The van der Waals surface area contributed by atoms with Gasteiger partial charge in [-0.3, -0.25) is 4.79 Å². The van der Waals surface area contributed by atoms with Crippen molar-refractivity contribution in [2.75, 3.05) is 31.7 Å². The summed E-state index contributed by atoms with van der Waals surface area (Å²) in [5.74, 6) is -1.94. The molecule has 0 radical (unpaired) electrons. The lowest BCUT2D eigenvalue weighted by atomic mass is 10.1. The lowest BCUT2D eigenvalue weighted by Crippen LogP contribution is -2.28. The van der Waals surface area contributed by atoms with Crippen LogP contribution >= 0.6 is 23.2 Å². The summed E-state index contributed by atoms with van der Waals surface area (Å²) in [7, 11) is -2.06. The van der Waals surface area contributed by atoms with E-state index in [1.54, 1.807) is 7.05 Å². The summed E-state index contributed by atoms with van der Waals surface area (Å²) in [4.78, 5) is 27.9. The van der Waals surface area contributed by atoms with Crippen molar-refractivity contribution in [2.45, 2.75) is 5.03 Å². The number of rotatable bonds is 12. The molecule has 0 aliphatic carbocycles. The first-order valence-corrected chi connectivity index (χ1v) is 12.6. The van der Waals surface area contributed by atoms with Crippen LogP contribution in [0.2, 0.25) is 10.0 Å². The number of aromatic nitrogens is 2. The van der Waals surface area contributed by atoms with E-state index < -0.39 is 21.9 Å². The third-order valence-electron chi connectivity index (χ3n) is 4.63. The Bertz CT molecular complexity index is 1360. The van der Waals surface area contributed by atoms with Gasteiger partial charge in [0.2, 0.25) is 0 Å². The Kier molecular flexibility index (Phi) is 9.29. The van der Waals surface area contributed by atoms with E-state index in [1.165, 1.54) is 53.5 Å². The quantitative estimate of drug-likeness (QED) is 0.320. The van der Waals surface area contributed by atoms with E-state index in [9.17, 15) is 23.1 Å². The molecule has 0 aliphatic rings. The SMILES string of the molecule is Cn1cnc(S(=O)(=O)NCCOCCOc2ccc(NC(=O)c3ccc(Cl)cc3Cl)c(C(=O)[O-])c2)c1. The van der Waals surface area contributed by atoms with Gasteiger partial charge in [0, 0.05) is 30.4 Å². The topological polar surface area (TPSA) is 152 Å². The molecule has 11 nitrogen and oxygen atoms in total. The van der Waals surface area contributed by atoms with Crippen LogP contribution < -0.4 is 19.9 Å². The molecule has 1 aromatic heterocycles. The first-order valence-electron chi connectivity index (χ1n) is 10.4.